The maximum Gasteiger partial charge on any atom is 0.269 e. The molecule has 168 valence electrons. The number of fused-ring (bicyclic) bond motifs is 1. The lowest BCUT2D eigenvalue weighted by molar-refractivity contribution is -0.124. The van der Waals surface area contributed by atoms with Gasteiger partial charge >= 0.3 is 0 Å². The van der Waals surface area contributed by atoms with Gasteiger partial charge in [0.15, 0.2) is 0 Å². The molecule has 0 spiro atoms. The average molecular weight is 438 g/mol. The molecule has 0 radical (unpaired) electrons. The third-order valence-corrected chi connectivity index (χ3v) is 5.78. The first kappa shape index (κ1) is 21.6. The molecule has 2 N–H and O–H groups in total. The van der Waals surface area contributed by atoms with Crippen LogP contribution < -0.4 is 10.6 Å². The van der Waals surface area contributed by atoms with Gasteiger partial charge in [0.05, 0.1) is 12.0 Å². The van der Waals surface area contributed by atoms with E-state index in [0.29, 0.717) is 29.8 Å². The predicted molar refractivity (Wildman–Crippen MR) is 118 cm³/mol. The van der Waals surface area contributed by atoms with Crippen molar-refractivity contribution in [3.05, 3.63) is 53.5 Å². The number of aryl methyl sites for hydroxylation is 2. The summed E-state index contributed by atoms with van der Waals surface area (Å²) in [5.41, 5.74) is 2.44. The number of carbonyl (C=O) groups is 3. The predicted octanol–water partition coefficient (Wildman–Crippen LogP) is 1.88. The fraction of sp³-hybridized carbons (Fsp3) is 0.391. The molecule has 2 atom stereocenters. The first-order valence-electron chi connectivity index (χ1n) is 10.8. The van der Waals surface area contributed by atoms with Crippen LogP contribution in [0.4, 0.5) is 0 Å². The zero-order valence-electron chi connectivity index (χ0n) is 18.4. The maximum atomic E-state index is 13.3. The molecule has 9 heteroatoms. The van der Waals surface area contributed by atoms with Crippen LogP contribution in [0, 0.1) is 0 Å². The molecule has 1 fully saturated rings. The maximum absolute atomic E-state index is 13.3. The Morgan fingerprint density at radius 2 is 2.00 bits per heavy atom. The summed E-state index contributed by atoms with van der Waals surface area (Å²) in [6, 6.07) is 7.73. The van der Waals surface area contributed by atoms with Gasteiger partial charge in [0.2, 0.25) is 5.91 Å². The molecule has 3 aromatic rings. The Morgan fingerprint density at radius 1 is 1.19 bits per heavy atom. The minimum absolute atomic E-state index is 0.226. The van der Waals surface area contributed by atoms with E-state index in [1.165, 1.54) is 4.90 Å². The number of furan rings is 1. The van der Waals surface area contributed by atoms with Gasteiger partial charge in [-0.2, -0.15) is 5.10 Å². The summed E-state index contributed by atoms with van der Waals surface area (Å²) in [7, 11) is 1.72. The highest BCUT2D eigenvalue weighted by molar-refractivity contribution is 6.00. The number of carbonyl (C=O) groups excluding carboxylic acids is 3. The summed E-state index contributed by atoms with van der Waals surface area (Å²) in [5.74, 6) is -0.751. The Labute approximate surface area is 185 Å². The molecular weight excluding hydrogens is 410 g/mol. The number of benzene rings is 1. The molecule has 3 amide bonds. The summed E-state index contributed by atoms with van der Waals surface area (Å²) in [6.07, 6.45) is 2.64. The SMILES string of the molecule is CCNC(=O)[C@@H]1C[C@@H](NC(=O)c2cc(CC)nn2C)CN1C(=O)c1ccc2occc2c1. The van der Waals surface area contributed by atoms with Crippen molar-refractivity contribution >= 4 is 28.7 Å². The number of rotatable bonds is 6. The van der Waals surface area contributed by atoms with Gasteiger partial charge in [0.25, 0.3) is 11.8 Å². The standard InChI is InChI=1S/C23H27N5O4/c1-4-16-11-18(27(3)26-16)22(30)25-17-12-19(21(29)24-5-2)28(13-17)23(31)15-6-7-20-14(10-15)8-9-32-20/h6-11,17,19H,4-5,12-13H2,1-3H3,(H,24,29)(H,25,30)/t17-,19+/m1/s1. The molecule has 0 aliphatic carbocycles. The monoisotopic (exact) mass is 437 g/mol. The molecule has 1 aromatic carbocycles. The highest BCUT2D eigenvalue weighted by atomic mass is 16.3. The summed E-state index contributed by atoms with van der Waals surface area (Å²) >= 11 is 0. The van der Waals surface area contributed by atoms with Crippen LogP contribution in [-0.2, 0) is 18.3 Å². The minimum Gasteiger partial charge on any atom is -0.464 e. The summed E-state index contributed by atoms with van der Waals surface area (Å²) in [4.78, 5) is 40.4. The molecular formula is C23H27N5O4. The molecule has 32 heavy (non-hydrogen) atoms. The van der Waals surface area contributed by atoms with Crippen LogP contribution in [-0.4, -0.2) is 57.6 Å². The number of nitrogens with one attached hydrogen (secondary N) is 2. The number of likely N-dealkylation sites (N-methyl/N-ethyl adjacent to an activating group) is 1. The van der Waals surface area contributed by atoms with E-state index in [1.807, 2.05) is 13.8 Å². The molecule has 2 aromatic heterocycles. The highest BCUT2D eigenvalue weighted by Gasteiger charge is 2.40. The van der Waals surface area contributed by atoms with E-state index in [-0.39, 0.29) is 30.3 Å². The van der Waals surface area contributed by atoms with Gasteiger partial charge < -0.3 is 20.0 Å². The van der Waals surface area contributed by atoms with E-state index in [0.717, 1.165) is 17.5 Å². The summed E-state index contributed by atoms with van der Waals surface area (Å²) < 4.78 is 6.90. The van der Waals surface area contributed by atoms with Crippen molar-refractivity contribution < 1.29 is 18.8 Å². The lowest BCUT2D eigenvalue weighted by atomic mass is 10.1. The van der Waals surface area contributed by atoms with Crippen molar-refractivity contribution in [1.82, 2.24) is 25.3 Å². The lowest BCUT2D eigenvalue weighted by Crippen LogP contribution is -2.46. The van der Waals surface area contributed by atoms with Crippen LogP contribution in [0.5, 0.6) is 0 Å². The second kappa shape index (κ2) is 8.86. The van der Waals surface area contributed by atoms with E-state index in [4.69, 9.17) is 4.42 Å². The van der Waals surface area contributed by atoms with Gasteiger partial charge in [-0.25, -0.2) is 0 Å². The fourth-order valence-corrected chi connectivity index (χ4v) is 4.14. The number of aromatic nitrogens is 2. The van der Waals surface area contributed by atoms with Gasteiger partial charge in [-0.3, -0.25) is 19.1 Å². The lowest BCUT2D eigenvalue weighted by Gasteiger charge is -2.23. The van der Waals surface area contributed by atoms with Crippen molar-refractivity contribution in [2.75, 3.05) is 13.1 Å². The van der Waals surface area contributed by atoms with Crippen molar-refractivity contribution in [2.45, 2.75) is 38.8 Å². The van der Waals surface area contributed by atoms with Gasteiger partial charge in [-0.05, 0) is 50.1 Å². The Bertz CT molecular complexity index is 1160. The number of nitrogens with zero attached hydrogens (tertiary/aromatic N) is 3. The Kier molecular flexibility index (Phi) is 5.98. The molecule has 1 saturated heterocycles. The fourth-order valence-electron chi connectivity index (χ4n) is 4.14. The average Bonchev–Trinajstić information content (AvgIpc) is 3.50. The van der Waals surface area contributed by atoms with Gasteiger partial charge in [-0.15, -0.1) is 0 Å². The van der Waals surface area contributed by atoms with E-state index < -0.39 is 6.04 Å². The van der Waals surface area contributed by atoms with E-state index in [9.17, 15) is 14.4 Å². The third kappa shape index (κ3) is 4.10. The second-order valence-corrected chi connectivity index (χ2v) is 7.95. The Hall–Kier alpha value is -3.62. The van der Waals surface area contributed by atoms with E-state index in [2.05, 4.69) is 15.7 Å². The van der Waals surface area contributed by atoms with Crippen LogP contribution >= 0.6 is 0 Å². The molecule has 1 aliphatic rings. The largest absolute Gasteiger partial charge is 0.464 e. The first-order chi connectivity index (χ1) is 15.4. The van der Waals surface area contributed by atoms with Crippen molar-refractivity contribution in [3.63, 3.8) is 0 Å². The highest BCUT2D eigenvalue weighted by Crippen LogP contribution is 2.24. The molecule has 3 heterocycles. The molecule has 0 bridgehead atoms. The van der Waals surface area contributed by atoms with Gasteiger partial charge in [0, 0.05) is 37.1 Å². The first-order valence-corrected chi connectivity index (χ1v) is 10.8. The van der Waals surface area contributed by atoms with Crippen LogP contribution in [0.15, 0.2) is 41.0 Å². The van der Waals surface area contributed by atoms with Crippen molar-refractivity contribution in [3.8, 4) is 0 Å². The Balaban J connectivity index is 1.54. The molecule has 4 rings (SSSR count). The second-order valence-electron chi connectivity index (χ2n) is 7.95. The topological polar surface area (TPSA) is 109 Å². The van der Waals surface area contributed by atoms with E-state index in [1.54, 1.807) is 48.3 Å². The molecule has 0 unspecified atom stereocenters. The van der Waals surface area contributed by atoms with E-state index >= 15 is 0 Å². The smallest absolute Gasteiger partial charge is 0.269 e. The molecule has 0 saturated carbocycles. The molecule has 9 nitrogen and oxygen atoms in total. The summed E-state index contributed by atoms with van der Waals surface area (Å²) in [5, 5.41) is 10.9. The van der Waals surface area contributed by atoms with Crippen LogP contribution in [0.2, 0.25) is 0 Å². The number of amides is 3. The quantitative estimate of drug-likeness (QED) is 0.612. The van der Waals surface area contributed by atoms with Crippen molar-refractivity contribution in [2.24, 2.45) is 7.05 Å². The number of likely N-dealkylation sites (tertiary alicyclic amines) is 1. The molecule has 1 aliphatic heterocycles. The van der Waals surface area contributed by atoms with Crippen LogP contribution in [0.1, 0.15) is 46.8 Å². The third-order valence-electron chi connectivity index (χ3n) is 5.78. The zero-order chi connectivity index (χ0) is 22.8. The van der Waals surface area contributed by atoms with Crippen LogP contribution in [0.25, 0.3) is 11.0 Å². The number of hydrogen-bond donors (Lipinski definition) is 2. The summed E-state index contributed by atoms with van der Waals surface area (Å²) in [6.45, 7) is 4.51. The van der Waals surface area contributed by atoms with Crippen LogP contribution in [0.3, 0.4) is 0 Å². The number of hydrogen-bond acceptors (Lipinski definition) is 5. The van der Waals surface area contributed by atoms with Gasteiger partial charge in [-0.1, -0.05) is 6.92 Å². The van der Waals surface area contributed by atoms with Gasteiger partial charge in [0.1, 0.15) is 17.3 Å². The normalized spacial score (nSPS) is 18.2. The van der Waals surface area contributed by atoms with Crippen molar-refractivity contribution in [1.29, 1.82) is 0 Å². The Morgan fingerprint density at radius 3 is 2.72 bits per heavy atom. The minimum atomic E-state index is -0.662. The zero-order valence-corrected chi connectivity index (χ0v) is 18.4.